The highest BCUT2D eigenvalue weighted by Gasteiger charge is 2.22. The molecule has 0 aliphatic rings. The van der Waals surface area contributed by atoms with E-state index in [1.165, 1.54) is 17.0 Å². The molecule has 4 aromatic rings. The molecule has 0 bridgehead atoms. The van der Waals surface area contributed by atoms with Crippen LogP contribution < -0.4 is 0 Å². The minimum atomic E-state index is 0.201. The van der Waals surface area contributed by atoms with Crippen LogP contribution in [0.4, 0.5) is 0 Å². The molecule has 1 aromatic carbocycles. The zero-order valence-corrected chi connectivity index (χ0v) is 15.1. The summed E-state index contributed by atoms with van der Waals surface area (Å²) in [6.07, 6.45) is 4.80. The van der Waals surface area contributed by atoms with Crippen molar-refractivity contribution in [2.45, 2.75) is 19.4 Å². The van der Waals surface area contributed by atoms with Gasteiger partial charge in [0.15, 0.2) is 0 Å². The number of imidazole rings is 1. The molecular weight excluding hydrogens is 328 g/mol. The molecule has 1 atom stereocenters. The van der Waals surface area contributed by atoms with Crippen LogP contribution >= 0.6 is 11.3 Å². The molecule has 0 spiro atoms. The quantitative estimate of drug-likeness (QED) is 0.508. The first-order valence-corrected chi connectivity index (χ1v) is 9.36. The van der Waals surface area contributed by atoms with E-state index >= 15 is 0 Å². The van der Waals surface area contributed by atoms with E-state index in [2.05, 4.69) is 63.7 Å². The van der Waals surface area contributed by atoms with Crippen LogP contribution in [0.15, 0.2) is 65.7 Å². The van der Waals surface area contributed by atoms with E-state index in [4.69, 9.17) is 4.98 Å². The SMILES string of the molecule is CC[C@H](c1ccnn1C)n1cnc(-c2ccccc2)c1-c1ccsc1. The second-order valence-electron chi connectivity index (χ2n) is 6.03. The van der Waals surface area contributed by atoms with E-state index in [0.29, 0.717) is 0 Å². The second-order valence-corrected chi connectivity index (χ2v) is 6.81. The van der Waals surface area contributed by atoms with Crippen molar-refractivity contribution >= 4 is 11.3 Å². The number of hydrogen-bond donors (Lipinski definition) is 0. The molecule has 0 N–H and O–H groups in total. The fourth-order valence-corrected chi connectivity index (χ4v) is 3.99. The third-order valence-electron chi connectivity index (χ3n) is 4.56. The van der Waals surface area contributed by atoms with Crippen LogP contribution in [0.25, 0.3) is 22.5 Å². The van der Waals surface area contributed by atoms with Gasteiger partial charge >= 0.3 is 0 Å². The standard InChI is InChI=1S/C20H20N4S/c1-3-17(18-9-11-22-23(18)2)24-14-21-19(15-7-5-4-6-8-15)20(24)16-10-12-25-13-16/h4-14,17H,3H2,1-2H3/t17-/m1/s1. The van der Waals surface area contributed by atoms with Gasteiger partial charge in [-0.25, -0.2) is 4.98 Å². The number of thiophene rings is 1. The van der Waals surface area contributed by atoms with E-state index < -0.39 is 0 Å². The summed E-state index contributed by atoms with van der Waals surface area (Å²) in [5.41, 5.74) is 5.74. The lowest BCUT2D eigenvalue weighted by Gasteiger charge is -2.20. The molecule has 0 amide bonds. The van der Waals surface area contributed by atoms with Gasteiger partial charge in [-0.3, -0.25) is 4.68 Å². The van der Waals surface area contributed by atoms with Gasteiger partial charge in [-0.05, 0) is 23.9 Å². The van der Waals surface area contributed by atoms with Crippen molar-refractivity contribution in [3.8, 4) is 22.5 Å². The Balaban J connectivity index is 1.92. The fraction of sp³-hybridized carbons (Fsp3) is 0.200. The first-order chi connectivity index (χ1) is 12.3. The topological polar surface area (TPSA) is 35.6 Å². The molecule has 4 rings (SSSR count). The fourth-order valence-electron chi connectivity index (χ4n) is 3.35. The van der Waals surface area contributed by atoms with Crippen LogP contribution in [0, 0.1) is 0 Å². The third-order valence-corrected chi connectivity index (χ3v) is 5.24. The predicted octanol–water partition coefficient (Wildman–Crippen LogP) is 5.01. The summed E-state index contributed by atoms with van der Waals surface area (Å²) in [6.45, 7) is 2.21. The molecule has 4 nitrogen and oxygen atoms in total. The molecule has 0 aliphatic heterocycles. The first kappa shape index (κ1) is 15.8. The molecule has 25 heavy (non-hydrogen) atoms. The summed E-state index contributed by atoms with van der Waals surface area (Å²) in [5, 5.41) is 8.66. The van der Waals surface area contributed by atoms with Gasteiger partial charge in [-0.1, -0.05) is 37.3 Å². The molecular formula is C20H20N4S. The van der Waals surface area contributed by atoms with Crippen molar-refractivity contribution in [1.29, 1.82) is 0 Å². The number of nitrogens with zero attached hydrogens (tertiary/aromatic N) is 4. The lowest BCUT2D eigenvalue weighted by Crippen LogP contribution is -2.14. The van der Waals surface area contributed by atoms with Gasteiger partial charge in [-0.15, -0.1) is 0 Å². The summed E-state index contributed by atoms with van der Waals surface area (Å²) in [7, 11) is 2.00. The minimum absolute atomic E-state index is 0.201. The molecule has 0 unspecified atom stereocenters. The highest BCUT2D eigenvalue weighted by molar-refractivity contribution is 7.08. The van der Waals surface area contributed by atoms with Crippen LogP contribution in [-0.2, 0) is 7.05 Å². The molecule has 0 saturated heterocycles. The minimum Gasteiger partial charge on any atom is -0.321 e. The van der Waals surface area contributed by atoms with Gasteiger partial charge in [0.1, 0.15) is 0 Å². The maximum atomic E-state index is 4.79. The molecule has 3 heterocycles. The number of hydrogen-bond acceptors (Lipinski definition) is 3. The lowest BCUT2D eigenvalue weighted by molar-refractivity contribution is 0.522. The molecule has 0 fully saturated rings. The average molecular weight is 348 g/mol. The van der Waals surface area contributed by atoms with E-state index in [1.807, 2.05) is 30.3 Å². The van der Waals surface area contributed by atoms with E-state index in [0.717, 1.165) is 17.7 Å². The normalized spacial score (nSPS) is 12.4. The van der Waals surface area contributed by atoms with Gasteiger partial charge in [0.25, 0.3) is 0 Å². The van der Waals surface area contributed by atoms with Crippen molar-refractivity contribution in [1.82, 2.24) is 19.3 Å². The van der Waals surface area contributed by atoms with Crippen LogP contribution in [0.3, 0.4) is 0 Å². The van der Waals surface area contributed by atoms with Crippen molar-refractivity contribution < 1.29 is 0 Å². The number of aromatic nitrogens is 4. The monoisotopic (exact) mass is 348 g/mol. The maximum Gasteiger partial charge on any atom is 0.0965 e. The summed E-state index contributed by atoms with van der Waals surface area (Å²) < 4.78 is 4.25. The highest BCUT2D eigenvalue weighted by Crippen LogP contribution is 2.36. The van der Waals surface area contributed by atoms with Crippen molar-refractivity contribution in [2.24, 2.45) is 7.05 Å². The molecule has 0 radical (unpaired) electrons. The summed E-state index contributed by atoms with van der Waals surface area (Å²) >= 11 is 1.71. The summed E-state index contributed by atoms with van der Waals surface area (Å²) in [5.74, 6) is 0. The molecule has 0 aliphatic carbocycles. The Bertz CT molecular complexity index is 951. The first-order valence-electron chi connectivity index (χ1n) is 8.42. The smallest absolute Gasteiger partial charge is 0.0965 e. The van der Waals surface area contributed by atoms with Crippen LogP contribution in [-0.4, -0.2) is 19.3 Å². The zero-order chi connectivity index (χ0) is 17.2. The van der Waals surface area contributed by atoms with Crippen molar-refractivity contribution in [3.63, 3.8) is 0 Å². The molecule has 3 aromatic heterocycles. The van der Waals surface area contributed by atoms with Crippen molar-refractivity contribution in [3.05, 3.63) is 71.4 Å². The van der Waals surface area contributed by atoms with E-state index in [-0.39, 0.29) is 6.04 Å². The maximum absolute atomic E-state index is 4.79. The van der Waals surface area contributed by atoms with Gasteiger partial charge < -0.3 is 4.57 Å². The van der Waals surface area contributed by atoms with Gasteiger partial charge in [0, 0.05) is 29.8 Å². The van der Waals surface area contributed by atoms with Crippen LogP contribution in [0.5, 0.6) is 0 Å². The Kier molecular flexibility index (Phi) is 4.24. The van der Waals surface area contributed by atoms with Gasteiger partial charge in [-0.2, -0.15) is 16.4 Å². The Morgan fingerprint density at radius 2 is 1.92 bits per heavy atom. The zero-order valence-electron chi connectivity index (χ0n) is 14.3. The number of rotatable bonds is 5. The Hall–Kier alpha value is -2.66. The average Bonchev–Trinajstić information content (AvgIpc) is 3.38. The largest absolute Gasteiger partial charge is 0.321 e. The predicted molar refractivity (Wildman–Crippen MR) is 103 cm³/mol. The van der Waals surface area contributed by atoms with Gasteiger partial charge in [0.2, 0.25) is 0 Å². The van der Waals surface area contributed by atoms with Gasteiger partial charge in [0.05, 0.1) is 29.5 Å². The van der Waals surface area contributed by atoms with Crippen LogP contribution in [0.2, 0.25) is 0 Å². The highest BCUT2D eigenvalue weighted by atomic mass is 32.1. The van der Waals surface area contributed by atoms with Crippen molar-refractivity contribution in [2.75, 3.05) is 0 Å². The number of aryl methyl sites for hydroxylation is 1. The lowest BCUT2D eigenvalue weighted by atomic mass is 10.0. The molecule has 126 valence electrons. The Morgan fingerprint density at radius 3 is 2.56 bits per heavy atom. The summed E-state index contributed by atoms with van der Waals surface area (Å²) in [6, 6.07) is 14.9. The molecule has 0 saturated carbocycles. The summed E-state index contributed by atoms with van der Waals surface area (Å²) in [4.78, 5) is 4.79. The Morgan fingerprint density at radius 1 is 1.08 bits per heavy atom. The third kappa shape index (κ3) is 2.81. The second kappa shape index (κ2) is 6.69. The van der Waals surface area contributed by atoms with E-state index in [1.54, 1.807) is 11.3 Å². The van der Waals surface area contributed by atoms with Crippen LogP contribution in [0.1, 0.15) is 25.1 Å². The van der Waals surface area contributed by atoms with E-state index in [9.17, 15) is 0 Å². The molecule has 5 heteroatoms. The Labute approximate surface area is 151 Å². The number of benzene rings is 1.